The zero-order chi connectivity index (χ0) is 20.6. The first-order chi connectivity index (χ1) is 14.1. The number of pyridine rings is 2. The highest BCUT2D eigenvalue weighted by molar-refractivity contribution is 5.94. The third-order valence-electron chi connectivity index (χ3n) is 4.96. The predicted molar refractivity (Wildman–Crippen MR) is 110 cm³/mol. The van der Waals surface area contributed by atoms with E-state index in [1.165, 1.54) is 5.56 Å². The molecule has 0 N–H and O–H groups in total. The number of aromatic nitrogens is 2. The Morgan fingerprint density at radius 1 is 1.07 bits per heavy atom. The molecule has 0 aromatic carbocycles. The number of hydrogen-bond acceptors (Lipinski definition) is 6. The SMILES string of the molecule is CCOC(=O)N1CCN(C(=O)c2ccc(N(C)CCc3ccncc3)nc2)CC1. The lowest BCUT2D eigenvalue weighted by atomic mass is 10.2. The van der Waals surface area contributed by atoms with Gasteiger partial charge < -0.3 is 19.4 Å². The number of piperazine rings is 1. The molecule has 3 rings (SSSR count). The summed E-state index contributed by atoms with van der Waals surface area (Å²) in [5.41, 5.74) is 1.78. The van der Waals surface area contributed by atoms with Gasteiger partial charge in [-0.3, -0.25) is 9.78 Å². The van der Waals surface area contributed by atoms with E-state index in [2.05, 4.69) is 14.9 Å². The first-order valence-electron chi connectivity index (χ1n) is 9.85. The van der Waals surface area contributed by atoms with Gasteiger partial charge in [-0.05, 0) is 43.2 Å². The van der Waals surface area contributed by atoms with Gasteiger partial charge in [0.25, 0.3) is 5.91 Å². The number of amides is 2. The van der Waals surface area contributed by atoms with Crippen LogP contribution < -0.4 is 4.90 Å². The lowest BCUT2D eigenvalue weighted by Crippen LogP contribution is -2.50. The van der Waals surface area contributed by atoms with Crippen LogP contribution >= 0.6 is 0 Å². The van der Waals surface area contributed by atoms with Gasteiger partial charge in [0.15, 0.2) is 0 Å². The summed E-state index contributed by atoms with van der Waals surface area (Å²) >= 11 is 0. The Morgan fingerprint density at radius 3 is 2.38 bits per heavy atom. The van der Waals surface area contributed by atoms with Crippen LogP contribution in [0.3, 0.4) is 0 Å². The van der Waals surface area contributed by atoms with Crippen molar-refractivity contribution in [1.29, 1.82) is 0 Å². The minimum Gasteiger partial charge on any atom is -0.450 e. The highest BCUT2D eigenvalue weighted by atomic mass is 16.6. The maximum Gasteiger partial charge on any atom is 0.409 e. The Kier molecular flexibility index (Phi) is 6.99. The van der Waals surface area contributed by atoms with Crippen LogP contribution in [0.1, 0.15) is 22.8 Å². The molecule has 2 amide bonds. The van der Waals surface area contributed by atoms with Crippen LogP contribution in [0.2, 0.25) is 0 Å². The van der Waals surface area contributed by atoms with Crippen LogP contribution in [0.5, 0.6) is 0 Å². The summed E-state index contributed by atoms with van der Waals surface area (Å²) in [5, 5.41) is 0. The van der Waals surface area contributed by atoms with Crippen molar-refractivity contribution in [3.8, 4) is 0 Å². The Bertz CT molecular complexity index is 805. The molecule has 0 aliphatic carbocycles. The van der Waals surface area contributed by atoms with Crippen LogP contribution in [-0.4, -0.2) is 78.1 Å². The van der Waals surface area contributed by atoms with Crippen LogP contribution in [-0.2, 0) is 11.2 Å². The molecule has 1 aliphatic heterocycles. The third-order valence-corrected chi connectivity index (χ3v) is 4.96. The van der Waals surface area contributed by atoms with Crippen molar-refractivity contribution in [3.05, 3.63) is 54.0 Å². The van der Waals surface area contributed by atoms with Gasteiger partial charge in [0.2, 0.25) is 0 Å². The normalized spacial score (nSPS) is 13.9. The van der Waals surface area contributed by atoms with Crippen LogP contribution in [0.25, 0.3) is 0 Å². The van der Waals surface area contributed by atoms with E-state index in [1.807, 2.05) is 31.3 Å². The summed E-state index contributed by atoms with van der Waals surface area (Å²) in [7, 11) is 1.99. The minimum absolute atomic E-state index is 0.0630. The van der Waals surface area contributed by atoms with Crippen molar-refractivity contribution < 1.29 is 14.3 Å². The van der Waals surface area contributed by atoms with Gasteiger partial charge in [0.1, 0.15) is 5.82 Å². The Labute approximate surface area is 171 Å². The molecule has 3 heterocycles. The molecule has 154 valence electrons. The van der Waals surface area contributed by atoms with E-state index in [4.69, 9.17) is 4.74 Å². The summed E-state index contributed by atoms with van der Waals surface area (Å²) < 4.78 is 5.01. The van der Waals surface area contributed by atoms with Gasteiger partial charge in [0.05, 0.1) is 12.2 Å². The molecular formula is C21H27N5O3. The van der Waals surface area contributed by atoms with E-state index >= 15 is 0 Å². The van der Waals surface area contributed by atoms with Gasteiger partial charge in [-0.25, -0.2) is 9.78 Å². The molecule has 8 nitrogen and oxygen atoms in total. The van der Waals surface area contributed by atoms with Gasteiger partial charge in [-0.15, -0.1) is 0 Å². The zero-order valence-corrected chi connectivity index (χ0v) is 17.0. The van der Waals surface area contributed by atoms with E-state index < -0.39 is 0 Å². The van der Waals surface area contributed by atoms with Crippen molar-refractivity contribution in [2.45, 2.75) is 13.3 Å². The minimum atomic E-state index is -0.319. The second-order valence-corrected chi connectivity index (χ2v) is 6.91. The molecule has 1 aliphatic rings. The molecule has 29 heavy (non-hydrogen) atoms. The average Bonchev–Trinajstić information content (AvgIpc) is 2.78. The van der Waals surface area contributed by atoms with Crippen molar-refractivity contribution in [1.82, 2.24) is 19.8 Å². The van der Waals surface area contributed by atoms with E-state index in [9.17, 15) is 9.59 Å². The standard InChI is InChI=1S/C21H27N5O3/c1-3-29-21(28)26-14-12-25(13-15-26)20(27)18-4-5-19(23-16-18)24(2)11-8-17-6-9-22-10-7-17/h4-7,9-10,16H,3,8,11-15H2,1-2H3. The second-order valence-electron chi connectivity index (χ2n) is 6.91. The fraction of sp³-hybridized carbons (Fsp3) is 0.429. The number of anilines is 1. The predicted octanol–water partition coefficient (Wildman–Crippen LogP) is 2.07. The molecule has 2 aromatic heterocycles. The fourth-order valence-electron chi connectivity index (χ4n) is 3.19. The second kappa shape index (κ2) is 9.86. The maximum atomic E-state index is 12.7. The summed E-state index contributed by atoms with van der Waals surface area (Å²) in [6.07, 6.45) is 5.78. The quantitative estimate of drug-likeness (QED) is 0.743. The molecule has 1 saturated heterocycles. The van der Waals surface area contributed by atoms with Gasteiger partial charge in [0, 0.05) is 58.4 Å². The number of carbonyl (C=O) groups excluding carboxylic acids is 2. The maximum absolute atomic E-state index is 12.7. The highest BCUT2D eigenvalue weighted by Gasteiger charge is 2.25. The lowest BCUT2D eigenvalue weighted by Gasteiger charge is -2.34. The summed E-state index contributed by atoms with van der Waals surface area (Å²) in [6.45, 7) is 4.90. The largest absolute Gasteiger partial charge is 0.450 e. The molecule has 0 radical (unpaired) electrons. The average molecular weight is 397 g/mol. The Hall–Kier alpha value is -3.16. The number of carbonyl (C=O) groups is 2. The number of likely N-dealkylation sites (N-methyl/N-ethyl adjacent to an activating group) is 1. The smallest absolute Gasteiger partial charge is 0.409 e. The first-order valence-corrected chi connectivity index (χ1v) is 9.85. The molecule has 2 aromatic rings. The number of ether oxygens (including phenoxy) is 1. The Morgan fingerprint density at radius 2 is 1.76 bits per heavy atom. The van der Waals surface area contributed by atoms with Gasteiger partial charge in [-0.1, -0.05) is 0 Å². The van der Waals surface area contributed by atoms with Gasteiger partial charge in [-0.2, -0.15) is 0 Å². The molecule has 0 atom stereocenters. The topological polar surface area (TPSA) is 78.9 Å². The van der Waals surface area contributed by atoms with Crippen LogP contribution in [0.15, 0.2) is 42.9 Å². The summed E-state index contributed by atoms with van der Waals surface area (Å²) in [5.74, 6) is 0.759. The monoisotopic (exact) mass is 397 g/mol. The molecule has 0 unspecified atom stereocenters. The first kappa shape index (κ1) is 20.6. The van der Waals surface area contributed by atoms with Crippen molar-refractivity contribution in [3.63, 3.8) is 0 Å². The summed E-state index contributed by atoms with van der Waals surface area (Å²) in [6, 6.07) is 7.69. The van der Waals surface area contributed by atoms with Crippen molar-refractivity contribution in [2.75, 3.05) is 51.3 Å². The zero-order valence-electron chi connectivity index (χ0n) is 17.0. The van der Waals surface area contributed by atoms with Crippen LogP contribution in [0, 0.1) is 0 Å². The molecule has 0 saturated carbocycles. The molecule has 0 bridgehead atoms. The fourth-order valence-corrected chi connectivity index (χ4v) is 3.19. The van der Waals surface area contributed by atoms with E-state index in [-0.39, 0.29) is 12.0 Å². The lowest BCUT2D eigenvalue weighted by molar-refractivity contribution is 0.0570. The van der Waals surface area contributed by atoms with Gasteiger partial charge >= 0.3 is 6.09 Å². The van der Waals surface area contributed by atoms with E-state index in [1.54, 1.807) is 35.3 Å². The third kappa shape index (κ3) is 5.43. The molecule has 8 heteroatoms. The molecule has 1 fully saturated rings. The highest BCUT2D eigenvalue weighted by Crippen LogP contribution is 2.14. The van der Waals surface area contributed by atoms with E-state index in [0.29, 0.717) is 38.3 Å². The van der Waals surface area contributed by atoms with Crippen molar-refractivity contribution in [2.24, 2.45) is 0 Å². The van der Waals surface area contributed by atoms with Crippen LogP contribution in [0.4, 0.5) is 10.6 Å². The number of nitrogens with zero attached hydrogens (tertiary/aromatic N) is 5. The Balaban J connectivity index is 1.51. The summed E-state index contributed by atoms with van der Waals surface area (Å²) in [4.78, 5) is 38.4. The van der Waals surface area contributed by atoms with E-state index in [0.717, 1.165) is 18.8 Å². The molecular weight excluding hydrogens is 370 g/mol. The van der Waals surface area contributed by atoms with Crippen molar-refractivity contribution >= 4 is 17.8 Å². The molecule has 0 spiro atoms. The number of hydrogen-bond donors (Lipinski definition) is 0. The number of rotatable bonds is 6.